The van der Waals surface area contributed by atoms with Gasteiger partial charge in [-0.25, -0.2) is 0 Å². The first kappa shape index (κ1) is 35.1. The van der Waals surface area contributed by atoms with Crippen molar-refractivity contribution in [3.63, 3.8) is 0 Å². The van der Waals surface area contributed by atoms with E-state index in [0.29, 0.717) is 71.5 Å². The summed E-state index contributed by atoms with van der Waals surface area (Å²) in [5, 5.41) is 23.2. The molecule has 52 heavy (non-hydrogen) atoms. The highest BCUT2D eigenvalue weighted by atomic mass is 35.5. The molecule has 0 unspecified atom stereocenters. The first-order chi connectivity index (χ1) is 25.4. The molecule has 13 heteroatoms. The molecule has 1 amide bonds. The number of amides is 1. The zero-order valence-electron chi connectivity index (χ0n) is 29.6. The average Bonchev–Trinajstić information content (AvgIpc) is 3.69. The number of aromatic nitrogens is 2. The number of nitriles is 1. The lowest BCUT2D eigenvalue weighted by atomic mass is 9.94. The van der Waals surface area contributed by atoms with E-state index in [1.807, 2.05) is 23.1 Å². The minimum absolute atomic E-state index is 0.0644. The molecule has 3 aromatic rings. The number of fused-ring (bicyclic) bond motifs is 3. The van der Waals surface area contributed by atoms with Crippen LogP contribution < -0.4 is 14.5 Å². The number of carbonyl (C=O) groups excluding carboxylic acids is 1. The Kier molecular flexibility index (Phi) is 10.2. The van der Waals surface area contributed by atoms with E-state index in [4.69, 9.17) is 31.0 Å². The van der Waals surface area contributed by atoms with Gasteiger partial charge in [-0.2, -0.15) is 15.2 Å². The molecule has 0 bridgehead atoms. The van der Waals surface area contributed by atoms with E-state index in [1.165, 1.54) is 0 Å². The summed E-state index contributed by atoms with van der Waals surface area (Å²) in [5.74, 6) is 0.756. The highest BCUT2D eigenvalue weighted by molar-refractivity contribution is 6.36. The number of piperazine rings is 1. The van der Waals surface area contributed by atoms with Crippen molar-refractivity contribution in [1.29, 1.82) is 5.26 Å². The molecular formula is C39H47ClN8O4. The third kappa shape index (κ3) is 7.05. The molecule has 2 aromatic carbocycles. The normalized spacial score (nSPS) is 25.4. The van der Waals surface area contributed by atoms with E-state index in [0.717, 1.165) is 84.0 Å². The fourth-order valence-corrected chi connectivity index (χ4v) is 9.23. The third-order valence-corrected chi connectivity index (χ3v) is 11.9. The number of ether oxygens (including phenoxy) is 2. The monoisotopic (exact) mass is 726 g/mol. The molecule has 5 aliphatic rings. The minimum Gasteiger partial charge on any atom is -0.461 e. The Morgan fingerprint density at radius 2 is 1.92 bits per heavy atom. The number of benzene rings is 2. The number of carbonyl (C=O) groups is 1. The van der Waals surface area contributed by atoms with Gasteiger partial charge in [0.05, 0.1) is 60.6 Å². The Hall–Kier alpha value is -3.99. The molecule has 0 radical (unpaired) electrons. The van der Waals surface area contributed by atoms with Crippen LogP contribution in [0.25, 0.3) is 10.8 Å². The summed E-state index contributed by atoms with van der Waals surface area (Å²) < 4.78 is 12.0. The van der Waals surface area contributed by atoms with E-state index in [-0.39, 0.29) is 30.0 Å². The number of rotatable bonds is 9. The summed E-state index contributed by atoms with van der Waals surface area (Å²) in [4.78, 5) is 34.6. The number of hydrogen-bond donors (Lipinski definition) is 1. The number of morpholine rings is 1. The lowest BCUT2D eigenvalue weighted by Crippen LogP contribution is -2.55. The van der Waals surface area contributed by atoms with Crippen LogP contribution in [0.5, 0.6) is 6.01 Å². The lowest BCUT2D eigenvalue weighted by molar-refractivity contribution is -0.128. The van der Waals surface area contributed by atoms with E-state index in [1.54, 1.807) is 6.08 Å². The molecule has 12 nitrogen and oxygen atoms in total. The van der Waals surface area contributed by atoms with Gasteiger partial charge in [0.1, 0.15) is 12.4 Å². The second kappa shape index (κ2) is 15.2. The van der Waals surface area contributed by atoms with Crippen LogP contribution in [-0.2, 0) is 22.5 Å². The molecule has 1 aromatic heterocycles. The number of halogens is 1. The topological polar surface area (TPSA) is 122 Å². The molecule has 6 heterocycles. The second-order valence-corrected chi connectivity index (χ2v) is 15.2. The first-order valence-corrected chi connectivity index (χ1v) is 19.1. The number of β-amino-alcohol motifs (C(OH)–C–C–N with tert-alkyl or cyclic N) is 1. The standard InChI is InChI=1S/C39H47ClN8O4/c40-32-7-1-5-28-6-2-8-34(36(28)32)45-16-11-31-33(26-45)42-38(52-27-39-12-4-15-47(39)25-30(49)23-39)43-37(31)46-17-18-48(29(24-46)10-13-41)35(50)9-3-14-44-19-21-51-22-20-44/h1-3,5-9,29-30,49H,4,10-12,14-27H2/b9-3+/t29-,30+,39-/m0/s1. The average molecular weight is 727 g/mol. The summed E-state index contributed by atoms with van der Waals surface area (Å²) in [6.45, 7) is 8.79. The zero-order chi connectivity index (χ0) is 35.7. The van der Waals surface area contributed by atoms with Gasteiger partial charge in [0, 0.05) is 75.1 Å². The maximum absolute atomic E-state index is 13.5. The van der Waals surface area contributed by atoms with Crippen LogP contribution in [0, 0.1) is 11.3 Å². The molecule has 274 valence electrons. The number of anilines is 2. The Morgan fingerprint density at radius 1 is 1.08 bits per heavy atom. The summed E-state index contributed by atoms with van der Waals surface area (Å²) in [6, 6.07) is 14.7. The Bertz CT molecular complexity index is 1860. The molecule has 3 atom stereocenters. The largest absolute Gasteiger partial charge is 0.461 e. The number of hydrogen-bond acceptors (Lipinski definition) is 11. The van der Waals surface area contributed by atoms with Crippen LogP contribution in [0.4, 0.5) is 11.5 Å². The fraction of sp³-hybridized carbons (Fsp3) is 0.538. The number of nitrogens with zero attached hydrogens (tertiary/aromatic N) is 8. The third-order valence-electron chi connectivity index (χ3n) is 11.6. The number of aliphatic hydroxyl groups is 1. The Balaban J connectivity index is 1.06. The predicted molar refractivity (Wildman–Crippen MR) is 200 cm³/mol. The Morgan fingerprint density at radius 3 is 2.77 bits per heavy atom. The quantitative estimate of drug-likeness (QED) is 0.326. The van der Waals surface area contributed by atoms with Crippen LogP contribution >= 0.6 is 11.6 Å². The van der Waals surface area contributed by atoms with Gasteiger partial charge < -0.3 is 29.3 Å². The second-order valence-electron chi connectivity index (χ2n) is 14.8. The molecule has 0 saturated carbocycles. The van der Waals surface area contributed by atoms with Crippen LogP contribution in [-0.4, -0.2) is 132 Å². The maximum atomic E-state index is 13.5. The molecule has 4 fully saturated rings. The molecule has 1 N–H and O–H groups in total. The zero-order valence-corrected chi connectivity index (χ0v) is 30.4. The summed E-state index contributed by atoms with van der Waals surface area (Å²) >= 11 is 6.77. The summed E-state index contributed by atoms with van der Waals surface area (Å²) in [6.07, 6.45) is 6.94. The van der Waals surface area contributed by atoms with Gasteiger partial charge in [-0.3, -0.25) is 14.6 Å². The van der Waals surface area contributed by atoms with Crippen molar-refractivity contribution in [1.82, 2.24) is 24.7 Å². The molecule has 0 spiro atoms. The van der Waals surface area contributed by atoms with E-state index in [9.17, 15) is 15.2 Å². The fourth-order valence-electron chi connectivity index (χ4n) is 8.95. The molecular weight excluding hydrogens is 680 g/mol. The first-order valence-electron chi connectivity index (χ1n) is 18.7. The van der Waals surface area contributed by atoms with Gasteiger partial charge >= 0.3 is 6.01 Å². The van der Waals surface area contributed by atoms with Crippen molar-refractivity contribution in [3.8, 4) is 12.1 Å². The van der Waals surface area contributed by atoms with Crippen molar-refractivity contribution < 1.29 is 19.4 Å². The van der Waals surface area contributed by atoms with Gasteiger partial charge in [0.25, 0.3) is 0 Å². The van der Waals surface area contributed by atoms with E-state index >= 15 is 0 Å². The van der Waals surface area contributed by atoms with Crippen LogP contribution in [0.2, 0.25) is 5.02 Å². The summed E-state index contributed by atoms with van der Waals surface area (Å²) in [5.41, 5.74) is 2.85. The molecule has 5 aliphatic heterocycles. The van der Waals surface area contributed by atoms with Gasteiger partial charge in [-0.1, -0.05) is 41.9 Å². The van der Waals surface area contributed by atoms with Gasteiger partial charge in [-0.15, -0.1) is 0 Å². The molecule has 8 rings (SSSR count). The van der Waals surface area contributed by atoms with Crippen molar-refractivity contribution >= 4 is 39.8 Å². The van der Waals surface area contributed by atoms with Crippen LogP contribution in [0.15, 0.2) is 48.6 Å². The smallest absolute Gasteiger partial charge is 0.318 e. The van der Waals surface area contributed by atoms with E-state index in [2.05, 4.69) is 49.9 Å². The van der Waals surface area contributed by atoms with Crippen molar-refractivity contribution in [3.05, 3.63) is 64.8 Å². The Labute approximate surface area is 310 Å². The van der Waals surface area contributed by atoms with Crippen LogP contribution in [0.3, 0.4) is 0 Å². The van der Waals surface area contributed by atoms with E-state index < -0.39 is 0 Å². The highest BCUT2D eigenvalue weighted by Gasteiger charge is 2.49. The van der Waals surface area contributed by atoms with Crippen molar-refractivity contribution in [2.75, 3.05) is 88.5 Å². The van der Waals surface area contributed by atoms with Crippen molar-refractivity contribution in [2.24, 2.45) is 0 Å². The highest BCUT2D eigenvalue weighted by Crippen LogP contribution is 2.40. The molecule has 0 aliphatic carbocycles. The molecule has 4 saturated heterocycles. The SMILES string of the molecule is N#CC[C@H]1CN(c2nc(OC[C@@]34CCCN3C[C@H](O)C4)nc3c2CCN(c2cccc4cccc(Cl)c24)C3)CCN1C(=O)/C=C/CN1CCOCC1. The predicted octanol–water partition coefficient (Wildman–Crippen LogP) is 3.64. The summed E-state index contributed by atoms with van der Waals surface area (Å²) in [7, 11) is 0. The lowest BCUT2D eigenvalue weighted by Gasteiger charge is -2.42. The van der Waals surface area contributed by atoms with Crippen molar-refractivity contribution in [2.45, 2.75) is 56.3 Å². The van der Waals surface area contributed by atoms with Crippen LogP contribution in [0.1, 0.15) is 36.9 Å². The van der Waals surface area contributed by atoms with Gasteiger partial charge in [0.15, 0.2) is 0 Å². The minimum atomic E-state index is -0.352. The maximum Gasteiger partial charge on any atom is 0.318 e. The van der Waals surface area contributed by atoms with Gasteiger partial charge in [-0.05, 0) is 49.7 Å². The number of aliphatic hydroxyl groups excluding tert-OH is 1. The van der Waals surface area contributed by atoms with Gasteiger partial charge in [0.2, 0.25) is 5.91 Å².